The van der Waals surface area contributed by atoms with Crippen LogP contribution in [0.15, 0.2) is 23.3 Å². The van der Waals surface area contributed by atoms with E-state index in [-0.39, 0.29) is 0 Å². The Labute approximate surface area is 63.6 Å². The molecule has 10 heavy (non-hydrogen) atoms. The van der Waals surface area contributed by atoms with Crippen LogP contribution in [0.3, 0.4) is 0 Å². The molecule has 0 bridgehead atoms. The molecule has 0 aromatic rings. The minimum absolute atomic E-state index is 1.27. The summed E-state index contributed by atoms with van der Waals surface area (Å²) in [6.07, 6.45) is 9.85. The van der Waals surface area contributed by atoms with Crippen molar-refractivity contribution in [3.05, 3.63) is 23.3 Å². The molecule has 0 saturated heterocycles. The Morgan fingerprint density at radius 2 is 2.00 bits per heavy atom. The van der Waals surface area contributed by atoms with Gasteiger partial charge in [-0.25, -0.2) is 0 Å². The maximum atomic E-state index is 2.29. The molecule has 0 unspecified atom stereocenters. The quantitative estimate of drug-likeness (QED) is 0.478. The summed E-state index contributed by atoms with van der Waals surface area (Å²) < 4.78 is 0. The van der Waals surface area contributed by atoms with Crippen molar-refractivity contribution in [3.8, 4) is 0 Å². The summed E-state index contributed by atoms with van der Waals surface area (Å²) in [6, 6.07) is 0. The van der Waals surface area contributed by atoms with Crippen LogP contribution < -0.4 is 0 Å². The second-order valence-corrected chi connectivity index (χ2v) is 3.11. The molecule has 0 heteroatoms. The van der Waals surface area contributed by atoms with Gasteiger partial charge in [0.15, 0.2) is 0 Å². The summed E-state index contributed by atoms with van der Waals surface area (Å²) in [5.74, 6) is 0. The zero-order valence-electron chi connectivity index (χ0n) is 6.98. The molecule has 0 radical (unpaired) electrons. The lowest BCUT2D eigenvalue weighted by atomic mass is 10.0. The molecule has 0 aromatic carbocycles. The Hall–Kier alpha value is -0.520. The molecule has 0 spiro atoms. The molecule has 1 aliphatic carbocycles. The smallest absolute Gasteiger partial charge is 0.0317 e. The van der Waals surface area contributed by atoms with Gasteiger partial charge in [0.05, 0.1) is 0 Å². The van der Waals surface area contributed by atoms with Crippen molar-refractivity contribution in [2.75, 3.05) is 0 Å². The first-order chi connectivity index (χ1) is 4.80. The van der Waals surface area contributed by atoms with Crippen LogP contribution in [0.25, 0.3) is 0 Å². The molecule has 1 aliphatic rings. The molecule has 0 atom stereocenters. The first kappa shape index (κ1) is 7.59. The van der Waals surface area contributed by atoms with Gasteiger partial charge in [0, 0.05) is 0 Å². The second-order valence-electron chi connectivity index (χ2n) is 3.11. The van der Waals surface area contributed by atoms with E-state index in [2.05, 4.69) is 26.0 Å². The van der Waals surface area contributed by atoms with E-state index in [1.54, 1.807) is 5.57 Å². The fourth-order valence-electron chi connectivity index (χ4n) is 1.25. The third kappa shape index (κ3) is 2.02. The van der Waals surface area contributed by atoms with Crippen molar-refractivity contribution in [3.63, 3.8) is 0 Å². The summed E-state index contributed by atoms with van der Waals surface area (Å²) in [5, 5.41) is 0. The van der Waals surface area contributed by atoms with E-state index >= 15 is 0 Å². The predicted molar refractivity (Wildman–Crippen MR) is 46.0 cm³/mol. The number of allylic oxidation sites excluding steroid dienone is 4. The Bertz CT molecular complexity index is 161. The standard InChI is InChI=1S/C10H16/c1-9-7-5-3-4-6-8-10(9)2/h5,7H,3-4,6,8H2,1-2H3/b7-5-,10-9-. The van der Waals surface area contributed by atoms with E-state index in [0.717, 1.165) is 0 Å². The van der Waals surface area contributed by atoms with Crippen LogP contribution in [0.5, 0.6) is 0 Å². The van der Waals surface area contributed by atoms with Crippen molar-refractivity contribution < 1.29 is 0 Å². The molecule has 1 rings (SSSR count). The van der Waals surface area contributed by atoms with E-state index in [9.17, 15) is 0 Å². The fourth-order valence-corrected chi connectivity index (χ4v) is 1.25. The van der Waals surface area contributed by atoms with Gasteiger partial charge in [0.1, 0.15) is 0 Å². The molecule has 0 aromatic heterocycles. The highest BCUT2D eigenvalue weighted by Crippen LogP contribution is 2.16. The third-order valence-corrected chi connectivity index (χ3v) is 2.21. The van der Waals surface area contributed by atoms with Crippen molar-refractivity contribution in [1.29, 1.82) is 0 Å². The minimum atomic E-state index is 1.27. The highest BCUT2D eigenvalue weighted by Gasteiger charge is 1.96. The van der Waals surface area contributed by atoms with Crippen LogP contribution in [0, 0.1) is 0 Å². The monoisotopic (exact) mass is 136 g/mol. The number of hydrogen-bond donors (Lipinski definition) is 0. The van der Waals surface area contributed by atoms with E-state index < -0.39 is 0 Å². The molecule has 0 fully saturated rings. The van der Waals surface area contributed by atoms with Gasteiger partial charge in [-0.2, -0.15) is 0 Å². The highest BCUT2D eigenvalue weighted by molar-refractivity contribution is 5.22. The molecule has 56 valence electrons. The minimum Gasteiger partial charge on any atom is -0.0843 e. The fraction of sp³-hybridized carbons (Fsp3) is 0.600. The van der Waals surface area contributed by atoms with Gasteiger partial charge < -0.3 is 0 Å². The largest absolute Gasteiger partial charge is 0.0843 e. The highest BCUT2D eigenvalue weighted by atomic mass is 14.0. The van der Waals surface area contributed by atoms with Crippen LogP contribution in [0.4, 0.5) is 0 Å². The summed E-state index contributed by atoms with van der Waals surface area (Å²) >= 11 is 0. The SMILES string of the molecule is CC1=C(\C)CCCC/C=C\1. The molecule has 0 aliphatic heterocycles. The van der Waals surface area contributed by atoms with Crippen LogP contribution in [0.1, 0.15) is 39.5 Å². The lowest BCUT2D eigenvalue weighted by molar-refractivity contribution is 0.732. The maximum absolute atomic E-state index is 2.29. The molecule has 0 N–H and O–H groups in total. The molecule has 0 amide bonds. The van der Waals surface area contributed by atoms with Crippen molar-refractivity contribution in [2.45, 2.75) is 39.5 Å². The van der Waals surface area contributed by atoms with Gasteiger partial charge in [-0.1, -0.05) is 23.3 Å². The van der Waals surface area contributed by atoms with Gasteiger partial charge in [0.2, 0.25) is 0 Å². The molecular formula is C10H16. The lowest BCUT2D eigenvalue weighted by Crippen LogP contribution is -1.86. The topological polar surface area (TPSA) is 0 Å². The van der Waals surface area contributed by atoms with Crippen LogP contribution in [-0.2, 0) is 0 Å². The average molecular weight is 136 g/mol. The van der Waals surface area contributed by atoms with Gasteiger partial charge in [-0.3, -0.25) is 0 Å². The molecular weight excluding hydrogens is 120 g/mol. The van der Waals surface area contributed by atoms with E-state index in [4.69, 9.17) is 0 Å². The van der Waals surface area contributed by atoms with Crippen LogP contribution in [0.2, 0.25) is 0 Å². The summed E-state index contributed by atoms with van der Waals surface area (Å²) in [4.78, 5) is 0. The summed E-state index contributed by atoms with van der Waals surface area (Å²) in [7, 11) is 0. The maximum Gasteiger partial charge on any atom is -0.0317 e. The Morgan fingerprint density at radius 1 is 1.20 bits per heavy atom. The summed E-state index contributed by atoms with van der Waals surface area (Å²) in [5.41, 5.74) is 3.04. The van der Waals surface area contributed by atoms with Gasteiger partial charge in [0.25, 0.3) is 0 Å². The van der Waals surface area contributed by atoms with Gasteiger partial charge in [-0.15, -0.1) is 0 Å². The Morgan fingerprint density at radius 3 is 2.80 bits per heavy atom. The predicted octanol–water partition coefficient (Wildman–Crippen LogP) is 3.45. The first-order valence-electron chi connectivity index (χ1n) is 4.13. The Kier molecular flexibility index (Phi) is 2.73. The zero-order chi connectivity index (χ0) is 7.40. The van der Waals surface area contributed by atoms with Crippen molar-refractivity contribution in [2.24, 2.45) is 0 Å². The van der Waals surface area contributed by atoms with Gasteiger partial charge in [-0.05, 0) is 39.5 Å². The van der Waals surface area contributed by atoms with Crippen molar-refractivity contribution >= 4 is 0 Å². The van der Waals surface area contributed by atoms with Crippen molar-refractivity contribution in [1.82, 2.24) is 0 Å². The van der Waals surface area contributed by atoms with Crippen LogP contribution in [-0.4, -0.2) is 0 Å². The second kappa shape index (κ2) is 3.60. The molecule has 0 heterocycles. The number of rotatable bonds is 0. The zero-order valence-corrected chi connectivity index (χ0v) is 6.98. The Balaban J connectivity index is 2.67. The van der Waals surface area contributed by atoms with E-state index in [1.165, 1.54) is 31.3 Å². The van der Waals surface area contributed by atoms with E-state index in [1.807, 2.05) is 0 Å². The van der Waals surface area contributed by atoms with E-state index in [0.29, 0.717) is 0 Å². The molecule has 0 nitrogen and oxygen atoms in total. The van der Waals surface area contributed by atoms with Crippen LogP contribution >= 0.6 is 0 Å². The third-order valence-electron chi connectivity index (χ3n) is 2.21. The first-order valence-corrected chi connectivity index (χ1v) is 4.13. The molecule has 0 saturated carbocycles. The van der Waals surface area contributed by atoms with Gasteiger partial charge >= 0.3 is 0 Å². The normalized spacial score (nSPS) is 31.0. The number of hydrogen-bond acceptors (Lipinski definition) is 0. The average Bonchev–Trinajstić information content (AvgIpc) is 1.92. The summed E-state index contributed by atoms with van der Waals surface area (Å²) in [6.45, 7) is 4.45. The lowest BCUT2D eigenvalue weighted by Gasteiger charge is -2.06.